The summed E-state index contributed by atoms with van der Waals surface area (Å²) in [4.78, 5) is 16.7. The molecule has 0 saturated heterocycles. The SMILES string of the molecule is CCOC(=O)c1ccc2c(n1)CCCC2NCCc1ccccc1OCc1ccc(CCc2ccc(F)cc2)cc1.Cl.Cl. The number of halogens is 3. The number of hydrogen-bond acceptors (Lipinski definition) is 5. The number of para-hydroxylation sites is 1. The highest BCUT2D eigenvalue weighted by molar-refractivity contribution is 5.87. The van der Waals surface area contributed by atoms with Gasteiger partial charge in [0, 0.05) is 11.7 Å². The van der Waals surface area contributed by atoms with Crippen molar-refractivity contribution in [3.8, 4) is 5.75 Å². The van der Waals surface area contributed by atoms with Gasteiger partial charge in [-0.25, -0.2) is 14.2 Å². The first-order valence-electron chi connectivity index (χ1n) is 14.5. The van der Waals surface area contributed by atoms with Gasteiger partial charge in [0.2, 0.25) is 0 Å². The Balaban J connectivity index is 0.00000253. The molecule has 228 valence electrons. The molecule has 3 aromatic carbocycles. The van der Waals surface area contributed by atoms with Gasteiger partial charge in [0.15, 0.2) is 0 Å². The Kier molecular flexibility index (Phi) is 13.5. The Hall–Kier alpha value is -3.45. The number of aryl methyl sites for hydroxylation is 3. The van der Waals surface area contributed by atoms with Gasteiger partial charge in [0.05, 0.1) is 6.61 Å². The fourth-order valence-corrected chi connectivity index (χ4v) is 5.32. The van der Waals surface area contributed by atoms with Gasteiger partial charge in [-0.05, 0) is 104 Å². The molecule has 0 radical (unpaired) electrons. The lowest BCUT2D eigenvalue weighted by molar-refractivity contribution is 0.0519. The average molecular weight is 626 g/mol. The van der Waals surface area contributed by atoms with Gasteiger partial charge in [-0.2, -0.15) is 0 Å². The molecule has 43 heavy (non-hydrogen) atoms. The van der Waals surface area contributed by atoms with Gasteiger partial charge >= 0.3 is 5.97 Å². The second-order valence-electron chi connectivity index (χ2n) is 10.4. The fraction of sp³-hybridized carbons (Fsp3) is 0.314. The number of hydrogen-bond donors (Lipinski definition) is 1. The van der Waals surface area contributed by atoms with Crippen LogP contribution in [0.1, 0.15) is 69.8 Å². The largest absolute Gasteiger partial charge is 0.489 e. The molecule has 0 amide bonds. The maximum atomic E-state index is 13.1. The third-order valence-electron chi connectivity index (χ3n) is 7.57. The molecule has 1 unspecified atom stereocenters. The number of aromatic nitrogens is 1. The molecule has 1 N–H and O–H groups in total. The Labute approximate surface area is 266 Å². The highest BCUT2D eigenvalue weighted by atomic mass is 35.5. The summed E-state index contributed by atoms with van der Waals surface area (Å²) in [5.41, 5.74) is 7.23. The predicted octanol–water partition coefficient (Wildman–Crippen LogP) is 7.81. The van der Waals surface area contributed by atoms with Crippen molar-refractivity contribution in [3.63, 3.8) is 0 Å². The molecule has 0 fully saturated rings. The average Bonchev–Trinajstić information content (AvgIpc) is 3.01. The minimum absolute atomic E-state index is 0. The van der Waals surface area contributed by atoms with Gasteiger partial charge in [-0.15, -0.1) is 24.8 Å². The van der Waals surface area contributed by atoms with Crippen LogP contribution in [0.5, 0.6) is 5.75 Å². The summed E-state index contributed by atoms with van der Waals surface area (Å²) in [5, 5.41) is 3.70. The fourth-order valence-electron chi connectivity index (χ4n) is 5.32. The summed E-state index contributed by atoms with van der Waals surface area (Å²) in [7, 11) is 0. The molecule has 0 bridgehead atoms. The van der Waals surface area contributed by atoms with Crippen LogP contribution < -0.4 is 10.1 Å². The van der Waals surface area contributed by atoms with E-state index in [1.54, 1.807) is 13.0 Å². The van der Waals surface area contributed by atoms with Crippen LogP contribution in [0.2, 0.25) is 0 Å². The number of ether oxygens (including phenoxy) is 2. The van der Waals surface area contributed by atoms with E-state index in [1.807, 2.05) is 30.3 Å². The van der Waals surface area contributed by atoms with Crippen LogP contribution >= 0.6 is 24.8 Å². The van der Waals surface area contributed by atoms with E-state index in [1.165, 1.54) is 28.8 Å². The minimum atomic E-state index is -0.361. The zero-order valence-electron chi connectivity index (χ0n) is 24.4. The van der Waals surface area contributed by atoms with Crippen LogP contribution in [-0.4, -0.2) is 24.1 Å². The summed E-state index contributed by atoms with van der Waals surface area (Å²) in [6.07, 6.45) is 5.61. The second-order valence-corrected chi connectivity index (χ2v) is 10.4. The van der Waals surface area contributed by atoms with Crippen molar-refractivity contribution in [2.24, 2.45) is 0 Å². The zero-order chi connectivity index (χ0) is 28.4. The molecule has 1 aliphatic rings. The van der Waals surface area contributed by atoms with E-state index in [0.717, 1.165) is 67.6 Å². The number of carbonyl (C=O) groups is 1. The Morgan fingerprint density at radius 3 is 2.28 bits per heavy atom. The summed E-state index contributed by atoms with van der Waals surface area (Å²) >= 11 is 0. The van der Waals surface area contributed by atoms with Crippen LogP contribution in [0.3, 0.4) is 0 Å². The van der Waals surface area contributed by atoms with E-state index in [4.69, 9.17) is 9.47 Å². The Morgan fingerprint density at radius 2 is 1.56 bits per heavy atom. The van der Waals surface area contributed by atoms with Gasteiger partial charge < -0.3 is 14.8 Å². The van der Waals surface area contributed by atoms with Crippen LogP contribution in [-0.2, 0) is 37.0 Å². The lowest BCUT2D eigenvalue weighted by Crippen LogP contribution is -2.28. The summed E-state index contributed by atoms with van der Waals surface area (Å²) < 4.78 is 24.5. The van der Waals surface area contributed by atoms with Crippen molar-refractivity contribution in [2.75, 3.05) is 13.2 Å². The molecule has 5 nitrogen and oxygen atoms in total. The first kappa shape index (κ1) is 34.0. The van der Waals surface area contributed by atoms with E-state index < -0.39 is 0 Å². The number of nitrogens with zero attached hydrogens (tertiary/aromatic N) is 1. The molecular formula is C35H39Cl2FN2O3. The van der Waals surface area contributed by atoms with Crippen LogP contribution in [0.4, 0.5) is 4.39 Å². The monoisotopic (exact) mass is 624 g/mol. The third kappa shape index (κ3) is 9.52. The number of rotatable bonds is 12. The molecule has 4 aromatic rings. The van der Waals surface area contributed by atoms with Crippen molar-refractivity contribution in [1.82, 2.24) is 10.3 Å². The van der Waals surface area contributed by atoms with Crippen molar-refractivity contribution >= 4 is 30.8 Å². The molecule has 0 aliphatic heterocycles. The van der Waals surface area contributed by atoms with Gasteiger partial charge in [0.1, 0.15) is 23.9 Å². The number of nitrogens with one attached hydrogen (secondary N) is 1. The van der Waals surface area contributed by atoms with E-state index >= 15 is 0 Å². The summed E-state index contributed by atoms with van der Waals surface area (Å²) in [6, 6.07) is 27.5. The number of esters is 1. The smallest absolute Gasteiger partial charge is 0.356 e. The van der Waals surface area contributed by atoms with Gasteiger partial charge in [0.25, 0.3) is 0 Å². The standard InChI is InChI=1S/C35H37FN2O3.2ClH/c1-2-40-35(39)33-21-20-30-31(7-5-8-32(30)38-33)37-23-22-28-6-3-4-9-34(28)41-24-27-14-12-25(13-15-27)10-11-26-16-18-29(36)19-17-26;;/h3-4,6,9,12-21,31,37H,2,5,7-8,10-11,22-24H2,1H3;2*1H. The van der Waals surface area contributed by atoms with Crippen molar-refractivity contribution in [1.29, 1.82) is 0 Å². The van der Waals surface area contributed by atoms with Crippen molar-refractivity contribution in [3.05, 3.63) is 130 Å². The minimum Gasteiger partial charge on any atom is -0.489 e. The lowest BCUT2D eigenvalue weighted by atomic mass is 9.91. The molecule has 1 heterocycles. The van der Waals surface area contributed by atoms with E-state index in [-0.39, 0.29) is 42.6 Å². The number of carbonyl (C=O) groups excluding carboxylic acids is 1. The van der Waals surface area contributed by atoms with Gasteiger partial charge in [-0.3, -0.25) is 0 Å². The van der Waals surface area contributed by atoms with Crippen molar-refractivity contribution < 1.29 is 18.7 Å². The van der Waals surface area contributed by atoms with E-state index in [9.17, 15) is 9.18 Å². The first-order valence-corrected chi connectivity index (χ1v) is 14.5. The first-order chi connectivity index (χ1) is 20.1. The number of benzene rings is 3. The lowest BCUT2D eigenvalue weighted by Gasteiger charge is -2.26. The van der Waals surface area contributed by atoms with Crippen LogP contribution in [0.15, 0.2) is 84.9 Å². The van der Waals surface area contributed by atoms with E-state index in [0.29, 0.717) is 18.9 Å². The molecule has 1 atom stereocenters. The molecule has 5 rings (SSSR count). The van der Waals surface area contributed by atoms with E-state index in [2.05, 4.69) is 46.7 Å². The topological polar surface area (TPSA) is 60.5 Å². The maximum absolute atomic E-state index is 13.1. The van der Waals surface area contributed by atoms with Crippen molar-refractivity contribution in [2.45, 2.75) is 58.1 Å². The summed E-state index contributed by atoms with van der Waals surface area (Å²) in [6.45, 7) is 3.47. The molecule has 0 spiro atoms. The van der Waals surface area contributed by atoms with Crippen LogP contribution in [0.25, 0.3) is 0 Å². The third-order valence-corrected chi connectivity index (χ3v) is 7.57. The highest BCUT2D eigenvalue weighted by Gasteiger charge is 2.22. The molecule has 8 heteroatoms. The Morgan fingerprint density at radius 1 is 0.884 bits per heavy atom. The highest BCUT2D eigenvalue weighted by Crippen LogP contribution is 2.29. The van der Waals surface area contributed by atoms with Crippen LogP contribution in [0, 0.1) is 5.82 Å². The molecule has 1 aliphatic carbocycles. The molecule has 1 aromatic heterocycles. The zero-order valence-corrected chi connectivity index (χ0v) is 26.0. The van der Waals surface area contributed by atoms with Gasteiger partial charge in [-0.1, -0.05) is 60.7 Å². The Bertz CT molecular complexity index is 1450. The predicted molar refractivity (Wildman–Crippen MR) is 173 cm³/mol. The maximum Gasteiger partial charge on any atom is 0.356 e. The number of fused-ring (bicyclic) bond motifs is 1. The molecule has 0 saturated carbocycles. The quantitative estimate of drug-likeness (QED) is 0.163. The second kappa shape index (κ2) is 17.0. The summed E-state index contributed by atoms with van der Waals surface area (Å²) in [5.74, 6) is 0.342. The normalized spacial score (nSPS) is 13.7. The molecular weight excluding hydrogens is 586 g/mol. The number of pyridine rings is 1.